The zero-order valence-electron chi connectivity index (χ0n) is 21.3. The number of carbonyl (C=O) groups is 2. The number of benzene rings is 2. The van der Waals surface area contributed by atoms with Crippen molar-refractivity contribution in [2.24, 2.45) is 17.3 Å². The topological polar surface area (TPSA) is 188 Å². The van der Waals surface area contributed by atoms with Gasteiger partial charge in [-0.05, 0) is 30.3 Å². The van der Waals surface area contributed by atoms with Gasteiger partial charge in [-0.2, -0.15) is 10.4 Å². The standard InChI is InChI=1S/C26H23N7O6/c1-26(2,3)20-18(13-27)21(32(30-20)17-11-14(24(36)37)10-15(12-17)25(38)39)29-28-19-22(34)31(4)33(23(19)35)16-8-6-5-7-9-16/h5-12,35H,1-4H3,(H,36,37)(H,38,39)/b29-28-. The molecule has 198 valence electrons. The van der Waals surface area contributed by atoms with Crippen LogP contribution in [-0.2, 0) is 12.5 Å². The van der Waals surface area contributed by atoms with Crippen LogP contribution < -0.4 is 5.56 Å². The Morgan fingerprint density at radius 1 is 0.974 bits per heavy atom. The van der Waals surface area contributed by atoms with Gasteiger partial charge < -0.3 is 15.3 Å². The molecular weight excluding hydrogens is 506 g/mol. The van der Waals surface area contributed by atoms with Crippen molar-refractivity contribution >= 4 is 23.4 Å². The van der Waals surface area contributed by atoms with E-state index in [1.54, 1.807) is 51.1 Å². The Labute approximate surface area is 221 Å². The van der Waals surface area contributed by atoms with Crippen molar-refractivity contribution < 1.29 is 24.9 Å². The molecule has 0 amide bonds. The molecule has 0 unspecified atom stereocenters. The number of carboxylic acids is 2. The van der Waals surface area contributed by atoms with Crippen molar-refractivity contribution in [3.63, 3.8) is 0 Å². The maximum Gasteiger partial charge on any atom is 0.335 e. The Kier molecular flexibility index (Phi) is 6.64. The van der Waals surface area contributed by atoms with Gasteiger partial charge >= 0.3 is 11.9 Å². The van der Waals surface area contributed by atoms with E-state index in [4.69, 9.17) is 0 Å². The van der Waals surface area contributed by atoms with Crippen molar-refractivity contribution in [2.75, 3.05) is 0 Å². The number of carboxylic acid groups (broad SMARTS) is 2. The van der Waals surface area contributed by atoms with Crippen LogP contribution >= 0.6 is 0 Å². The fourth-order valence-corrected chi connectivity index (χ4v) is 3.92. The number of hydrogen-bond donors (Lipinski definition) is 3. The van der Waals surface area contributed by atoms with Crippen LogP contribution in [0.5, 0.6) is 5.88 Å². The van der Waals surface area contributed by atoms with E-state index in [1.165, 1.54) is 23.9 Å². The average molecular weight is 530 g/mol. The van der Waals surface area contributed by atoms with Gasteiger partial charge in [-0.3, -0.25) is 4.79 Å². The van der Waals surface area contributed by atoms with E-state index in [-0.39, 0.29) is 33.9 Å². The van der Waals surface area contributed by atoms with Gasteiger partial charge in [0.05, 0.1) is 28.2 Å². The zero-order chi connectivity index (χ0) is 28.6. The molecule has 13 heteroatoms. The monoisotopic (exact) mass is 529 g/mol. The summed E-state index contributed by atoms with van der Waals surface area (Å²) in [6.07, 6.45) is 0. The lowest BCUT2D eigenvalue weighted by molar-refractivity contribution is 0.0696. The first-order valence-corrected chi connectivity index (χ1v) is 11.5. The molecule has 0 aliphatic rings. The summed E-state index contributed by atoms with van der Waals surface area (Å²) in [6.45, 7) is 5.37. The van der Waals surface area contributed by atoms with Crippen LogP contribution in [0.25, 0.3) is 11.4 Å². The third kappa shape index (κ3) is 4.78. The number of hydrogen-bond acceptors (Lipinski definition) is 8. The molecular formula is C26H23N7O6. The van der Waals surface area contributed by atoms with Gasteiger partial charge in [-0.15, -0.1) is 10.2 Å². The highest BCUT2D eigenvalue weighted by Gasteiger charge is 2.29. The van der Waals surface area contributed by atoms with Crippen LogP contribution in [0.4, 0.5) is 11.5 Å². The first kappa shape index (κ1) is 26.6. The summed E-state index contributed by atoms with van der Waals surface area (Å²) < 4.78 is 3.46. The SMILES string of the molecule is Cn1c(=O)c(/N=N\c2c(C#N)c(C(C)(C)C)nn2-c2cc(C(=O)O)cc(C(=O)O)c2)c(O)n1-c1ccccc1. The lowest BCUT2D eigenvalue weighted by Gasteiger charge is -2.15. The lowest BCUT2D eigenvalue weighted by atomic mass is 9.90. The van der Waals surface area contributed by atoms with Gasteiger partial charge in [-0.25, -0.2) is 23.6 Å². The first-order valence-electron chi connectivity index (χ1n) is 11.5. The van der Waals surface area contributed by atoms with E-state index in [2.05, 4.69) is 15.3 Å². The zero-order valence-corrected chi connectivity index (χ0v) is 21.3. The second kappa shape index (κ2) is 9.75. The molecule has 0 bridgehead atoms. The molecule has 3 N–H and O–H groups in total. The Balaban J connectivity index is 1.98. The molecule has 2 aromatic heterocycles. The third-order valence-corrected chi connectivity index (χ3v) is 5.79. The van der Waals surface area contributed by atoms with E-state index in [9.17, 15) is 35.0 Å². The number of aromatic nitrogens is 4. The molecule has 0 aliphatic heterocycles. The van der Waals surface area contributed by atoms with E-state index in [1.807, 2.05) is 6.07 Å². The summed E-state index contributed by atoms with van der Waals surface area (Å²) in [5.41, 5.74) is -1.71. The van der Waals surface area contributed by atoms with Crippen molar-refractivity contribution in [1.29, 1.82) is 5.26 Å². The molecule has 0 saturated carbocycles. The molecule has 4 rings (SSSR count). The highest BCUT2D eigenvalue weighted by molar-refractivity contribution is 5.94. The van der Waals surface area contributed by atoms with E-state index in [0.29, 0.717) is 5.69 Å². The molecule has 0 atom stereocenters. The van der Waals surface area contributed by atoms with E-state index >= 15 is 0 Å². The summed E-state index contributed by atoms with van der Waals surface area (Å²) in [7, 11) is 1.43. The smallest absolute Gasteiger partial charge is 0.335 e. The minimum Gasteiger partial charge on any atom is -0.492 e. The van der Waals surface area contributed by atoms with Crippen LogP contribution in [0.2, 0.25) is 0 Å². The minimum atomic E-state index is -1.37. The molecule has 0 spiro atoms. The molecule has 0 radical (unpaired) electrons. The van der Waals surface area contributed by atoms with Gasteiger partial charge in [-0.1, -0.05) is 39.0 Å². The maximum absolute atomic E-state index is 12.9. The Morgan fingerprint density at radius 2 is 1.56 bits per heavy atom. The van der Waals surface area contributed by atoms with E-state index < -0.39 is 34.5 Å². The van der Waals surface area contributed by atoms with Gasteiger partial charge in [0.15, 0.2) is 5.82 Å². The number of aromatic hydroxyl groups is 1. The van der Waals surface area contributed by atoms with Crippen molar-refractivity contribution in [3.8, 4) is 23.3 Å². The fourth-order valence-electron chi connectivity index (χ4n) is 3.92. The lowest BCUT2D eigenvalue weighted by Crippen LogP contribution is -2.17. The quantitative estimate of drug-likeness (QED) is 0.312. The predicted octanol–water partition coefficient (Wildman–Crippen LogP) is 4.05. The number of azo groups is 1. The van der Waals surface area contributed by atoms with Crippen molar-refractivity contribution in [2.45, 2.75) is 26.2 Å². The maximum atomic E-state index is 12.9. The Hall–Kier alpha value is -5.51. The summed E-state index contributed by atoms with van der Waals surface area (Å²) in [5, 5.41) is 52.4. The normalized spacial score (nSPS) is 11.6. The fraction of sp³-hybridized carbons (Fsp3) is 0.192. The Morgan fingerprint density at radius 3 is 2.08 bits per heavy atom. The van der Waals surface area contributed by atoms with Gasteiger partial charge in [0, 0.05) is 12.5 Å². The summed E-state index contributed by atoms with van der Waals surface area (Å²) in [5.74, 6) is -3.43. The van der Waals surface area contributed by atoms with Crippen LogP contribution in [0, 0.1) is 11.3 Å². The van der Waals surface area contributed by atoms with Gasteiger partial charge in [0.1, 0.15) is 11.6 Å². The summed E-state index contributed by atoms with van der Waals surface area (Å²) in [4.78, 5) is 36.3. The Bertz CT molecular complexity index is 1720. The number of para-hydroxylation sites is 1. The second-order valence-electron chi connectivity index (χ2n) is 9.55. The highest BCUT2D eigenvalue weighted by Crippen LogP contribution is 2.35. The van der Waals surface area contributed by atoms with Gasteiger partial charge in [0.2, 0.25) is 11.6 Å². The molecule has 39 heavy (non-hydrogen) atoms. The molecule has 0 fully saturated rings. The molecule has 4 aromatic rings. The van der Waals surface area contributed by atoms with Crippen molar-refractivity contribution in [1.82, 2.24) is 19.1 Å². The number of rotatable bonds is 6. The highest BCUT2D eigenvalue weighted by atomic mass is 16.4. The molecule has 0 aliphatic carbocycles. The molecule has 13 nitrogen and oxygen atoms in total. The summed E-state index contributed by atoms with van der Waals surface area (Å²) in [6, 6.07) is 13.9. The number of nitrogens with zero attached hydrogens (tertiary/aromatic N) is 7. The first-order chi connectivity index (χ1) is 18.3. The number of aromatic carboxylic acids is 2. The molecule has 2 aromatic carbocycles. The molecule has 0 saturated heterocycles. The second-order valence-corrected chi connectivity index (χ2v) is 9.55. The third-order valence-electron chi connectivity index (χ3n) is 5.79. The molecule has 2 heterocycles. The number of nitriles is 1. The van der Waals surface area contributed by atoms with E-state index in [0.717, 1.165) is 15.4 Å². The van der Waals surface area contributed by atoms with Crippen molar-refractivity contribution in [3.05, 3.63) is 81.3 Å². The predicted molar refractivity (Wildman–Crippen MR) is 138 cm³/mol. The minimum absolute atomic E-state index is 0.00719. The average Bonchev–Trinajstić information content (AvgIpc) is 3.37. The van der Waals surface area contributed by atoms with Crippen LogP contribution in [0.15, 0.2) is 63.6 Å². The largest absolute Gasteiger partial charge is 0.492 e. The van der Waals surface area contributed by atoms with Crippen LogP contribution in [0.3, 0.4) is 0 Å². The van der Waals surface area contributed by atoms with Crippen LogP contribution in [-0.4, -0.2) is 46.4 Å². The van der Waals surface area contributed by atoms with Crippen LogP contribution in [0.1, 0.15) is 52.7 Å². The van der Waals surface area contributed by atoms with Gasteiger partial charge in [0.25, 0.3) is 5.56 Å². The summed E-state index contributed by atoms with van der Waals surface area (Å²) >= 11 is 0.